The van der Waals surface area contributed by atoms with E-state index in [1.807, 2.05) is 12.1 Å². The van der Waals surface area contributed by atoms with Gasteiger partial charge < -0.3 is 14.2 Å². The van der Waals surface area contributed by atoms with Crippen molar-refractivity contribution in [2.45, 2.75) is 51.5 Å². The van der Waals surface area contributed by atoms with Crippen LogP contribution in [0.15, 0.2) is 54.6 Å². The molecule has 1 aliphatic heterocycles. The molecule has 0 aromatic heterocycles. The molecular weight excluding hydrogens is 495 g/mol. The quantitative estimate of drug-likeness (QED) is 0.329. The van der Waals surface area contributed by atoms with Crippen molar-refractivity contribution in [2.75, 3.05) is 13.7 Å². The molecule has 8 heteroatoms. The molecule has 38 heavy (non-hydrogen) atoms. The average molecular weight is 524 g/mol. The predicted molar refractivity (Wildman–Crippen MR) is 136 cm³/mol. The van der Waals surface area contributed by atoms with Crippen LogP contribution in [0.2, 0.25) is 0 Å². The Kier molecular flexibility index (Phi) is 7.52. The van der Waals surface area contributed by atoms with E-state index in [0.717, 1.165) is 25.2 Å². The molecule has 1 atom stereocenters. The minimum Gasteiger partial charge on any atom is -0.493 e. The molecule has 0 spiro atoms. The molecule has 3 aromatic rings. The van der Waals surface area contributed by atoms with E-state index in [9.17, 15) is 23.2 Å². The third-order valence-corrected chi connectivity index (χ3v) is 6.22. The van der Waals surface area contributed by atoms with Gasteiger partial charge in [-0.2, -0.15) is 18.4 Å². The lowest BCUT2D eigenvalue weighted by molar-refractivity contribution is -0.166. The number of benzene rings is 3. The standard InChI is InChI=1S/C30H28F3NO4/c1-29(2,3)38-27(28(35)36-4)26-23(30(31,32)33)13-12-22(19-9-7-18(17-34)8-10-19)25(26)21-11-14-24-20(16-21)6-5-15-37-24/h7-14,16,27H,5-6,15H2,1-4H3. The fourth-order valence-electron chi connectivity index (χ4n) is 4.62. The maximum atomic E-state index is 14.5. The topological polar surface area (TPSA) is 68.5 Å². The molecule has 0 N–H and O–H groups in total. The minimum absolute atomic E-state index is 0.206. The number of hydrogen-bond acceptors (Lipinski definition) is 5. The number of aryl methyl sites for hydroxylation is 1. The number of hydrogen-bond donors (Lipinski definition) is 0. The van der Waals surface area contributed by atoms with Crippen LogP contribution < -0.4 is 4.74 Å². The van der Waals surface area contributed by atoms with Crippen molar-refractivity contribution in [3.05, 3.63) is 76.9 Å². The third kappa shape index (κ3) is 5.68. The van der Waals surface area contributed by atoms with Crippen molar-refractivity contribution in [1.82, 2.24) is 0 Å². The van der Waals surface area contributed by atoms with E-state index in [1.54, 1.807) is 57.2 Å². The monoisotopic (exact) mass is 523 g/mol. The number of carbonyl (C=O) groups excluding carboxylic acids is 1. The summed E-state index contributed by atoms with van der Waals surface area (Å²) < 4.78 is 60.3. The second-order valence-corrected chi connectivity index (χ2v) is 10.0. The first-order valence-corrected chi connectivity index (χ1v) is 12.2. The highest BCUT2D eigenvalue weighted by molar-refractivity contribution is 5.91. The molecule has 0 saturated carbocycles. The third-order valence-electron chi connectivity index (χ3n) is 6.22. The first kappa shape index (κ1) is 27.2. The van der Waals surface area contributed by atoms with Gasteiger partial charge in [0.1, 0.15) is 5.75 Å². The number of rotatable bonds is 5. The normalized spacial score (nSPS) is 14.2. The van der Waals surface area contributed by atoms with Crippen molar-refractivity contribution < 1.29 is 32.2 Å². The van der Waals surface area contributed by atoms with E-state index >= 15 is 0 Å². The van der Waals surface area contributed by atoms with Gasteiger partial charge in [0.15, 0.2) is 6.10 Å². The molecule has 1 unspecified atom stereocenters. The number of esters is 1. The second-order valence-electron chi connectivity index (χ2n) is 10.0. The summed E-state index contributed by atoms with van der Waals surface area (Å²) in [4.78, 5) is 13.0. The summed E-state index contributed by atoms with van der Waals surface area (Å²) in [6.07, 6.45) is -4.94. The average Bonchev–Trinajstić information content (AvgIpc) is 2.89. The van der Waals surface area contributed by atoms with Crippen LogP contribution in [0.1, 0.15) is 55.5 Å². The number of halogens is 3. The van der Waals surface area contributed by atoms with Crippen LogP contribution in [0, 0.1) is 11.3 Å². The fraction of sp³-hybridized carbons (Fsp3) is 0.333. The van der Waals surface area contributed by atoms with Crippen molar-refractivity contribution in [3.8, 4) is 34.1 Å². The molecular formula is C30H28F3NO4. The Bertz CT molecular complexity index is 1380. The summed E-state index contributed by atoms with van der Waals surface area (Å²) in [5, 5.41) is 9.23. The Morgan fingerprint density at radius 3 is 2.32 bits per heavy atom. The zero-order valence-electron chi connectivity index (χ0n) is 21.6. The molecule has 5 nitrogen and oxygen atoms in total. The van der Waals surface area contributed by atoms with Crippen LogP contribution in [0.5, 0.6) is 5.75 Å². The van der Waals surface area contributed by atoms with Crippen molar-refractivity contribution >= 4 is 5.97 Å². The highest BCUT2D eigenvalue weighted by Crippen LogP contribution is 2.47. The van der Waals surface area contributed by atoms with Crippen LogP contribution in [0.25, 0.3) is 22.3 Å². The van der Waals surface area contributed by atoms with Crippen LogP contribution in [0.3, 0.4) is 0 Å². The van der Waals surface area contributed by atoms with Gasteiger partial charge >= 0.3 is 12.1 Å². The molecule has 0 bridgehead atoms. The Morgan fingerprint density at radius 1 is 1.03 bits per heavy atom. The Balaban J connectivity index is 2.11. The maximum absolute atomic E-state index is 14.5. The van der Waals surface area contributed by atoms with Crippen LogP contribution in [-0.4, -0.2) is 25.3 Å². The number of fused-ring (bicyclic) bond motifs is 1. The number of methoxy groups -OCH3 is 1. The Morgan fingerprint density at radius 2 is 1.71 bits per heavy atom. The van der Waals surface area contributed by atoms with E-state index in [4.69, 9.17) is 14.2 Å². The number of carbonyl (C=O) groups is 1. The van der Waals surface area contributed by atoms with Gasteiger partial charge in [0.05, 0.1) is 36.5 Å². The summed E-state index contributed by atoms with van der Waals surface area (Å²) in [5.41, 5.74) is 0.747. The SMILES string of the molecule is COC(=O)C(OC(C)(C)C)c1c(C(F)(F)F)ccc(-c2ccc(C#N)cc2)c1-c1ccc2c(c1)CCCO2. The Labute approximate surface area is 219 Å². The van der Waals surface area contributed by atoms with E-state index in [-0.39, 0.29) is 11.1 Å². The second kappa shape index (κ2) is 10.5. The highest BCUT2D eigenvalue weighted by atomic mass is 19.4. The zero-order valence-corrected chi connectivity index (χ0v) is 21.6. The van der Waals surface area contributed by atoms with Crippen LogP contribution in [-0.2, 0) is 26.9 Å². The van der Waals surface area contributed by atoms with Gasteiger partial charge in [0, 0.05) is 5.56 Å². The fourth-order valence-corrected chi connectivity index (χ4v) is 4.62. The number of nitriles is 1. The predicted octanol–water partition coefficient (Wildman–Crippen LogP) is 7.27. The number of ether oxygens (including phenoxy) is 3. The van der Waals surface area contributed by atoms with Gasteiger partial charge in [0.2, 0.25) is 0 Å². The number of nitrogens with zero attached hydrogens (tertiary/aromatic N) is 1. The summed E-state index contributed by atoms with van der Waals surface area (Å²) in [5.74, 6) is -0.256. The highest BCUT2D eigenvalue weighted by Gasteiger charge is 2.42. The van der Waals surface area contributed by atoms with Crippen molar-refractivity contribution in [1.29, 1.82) is 5.26 Å². The van der Waals surface area contributed by atoms with Gasteiger partial charge in [-0.15, -0.1) is 0 Å². The lowest BCUT2D eigenvalue weighted by Crippen LogP contribution is -2.30. The summed E-state index contributed by atoms with van der Waals surface area (Å²) in [6, 6.07) is 16.2. The smallest absolute Gasteiger partial charge is 0.416 e. The minimum atomic E-state index is -4.78. The Hall–Kier alpha value is -3.83. The first-order chi connectivity index (χ1) is 17.9. The molecule has 0 radical (unpaired) electrons. The number of alkyl halides is 3. The van der Waals surface area contributed by atoms with E-state index in [1.165, 1.54) is 6.07 Å². The molecule has 0 amide bonds. The van der Waals surface area contributed by atoms with Gasteiger partial charge in [-0.05, 0) is 91.8 Å². The molecule has 0 saturated heterocycles. The molecule has 0 aliphatic carbocycles. The van der Waals surface area contributed by atoms with E-state index < -0.39 is 29.4 Å². The summed E-state index contributed by atoms with van der Waals surface area (Å²) in [7, 11) is 1.12. The van der Waals surface area contributed by atoms with Gasteiger partial charge in [-0.25, -0.2) is 4.79 Å². The maximum Gasteiger partial charge on any atom is 0.416 e. The molecule has 4 rings (SSSR count). The first-order valence-electron chi connectivity index (χ1n) is 12.2. The van der Waals surface area contributed by atoms with Gasteiger partial charge in [-0.3, -0.25) is 0 Å². The van der Waals surface area contributed by atoms with Gasteiger partial charge in [-0.1, -0.05) is 24.3 Å². The molecule has 198 valence electrons. The van der Waals surface area contributed by atoms with Crippen LogP contribution in [0.4, 0.5) is 13.2 Å². The van der Waals surface area contributed by atoms with E-state index in [0.29, 0.717) is 41.0 Å². The van der Waals surface area contributed by atoms with Crippen molar-refractivity contribution in [3.63, 3.8) is 0 Å². The van der Waals surface area contributed by atoms with Crippen LogP contribution >= 0.6 is 0 Å². The van der Waals surface area contributed by atoms with Gasteiger partial charge in [0.25, 0.3) is 0 Å². The largest absolute Gasteiger partial charge is 0.493 e. The molecule has 1 aliphatic rings. The van der Waals surface area contributed by atoms with Crippen molar-refractivity contribution in [2.24, 2.45) is 0 Å². The lowest BCUT2D eigenvalue weighted by Gasteiger charge is -2.31. The molecule has 3 aromatic carbocycles. The summed E-state index contributed by atoms with van der Waals surface area (Å²) in [6.45, 7) is 5.56. The zero-order chi connectivity index (χ0) is 27.7. The molecule has 0 fully saturated rings. The van der Waals surface area contributed by atoms with E-state index in [2.05, 4.69) is 0 Å². The summed E-state index contributed by atoms with van der Waals surface area (Å²) >= 11 is 0. The molecule has 1 heterocycles. The lowest BCUT2D eigenvalue weighted by atomic mass is 9.84.